The molecular formula is C19H17N3OS. The van der Waals surface area contributed by atoms with E-state index in [4.69, 9.17) is 4.98 Å². The van der Waals surface area contributed by atoms with E-state index in [9.17, 15) is 4.79 Å². The average Bonchev–Trinajstić information content (AvgIpc) is 2.96. The molecular weight excluding hydrogens is 318 g/mol. The lowest BCUT2D eigenvalue weighted by Crippen LogP contribution is -1.90. The molecule has 4 nitrogen and oxygen atoms in total. The number of benzene rings is 1. The number of carbonyl (C=O) groups is 1. The summed E-state index contributed by atoms with van der Waals surface area (Å²) in [7, 11) is 0. The molecule has 0 aliphatic carbocycles. The zero-order valence-electron chi connectivity index (χ0n) is 13.5. The fourth-order valence-electron chi connectivity index (χ4n) is 2.25. The largest absolute Gasteiger partial charge is 0.332 e. The number of allylic oxidation sites excluding steroid dienone is 1. The predicted molar refractivity (Wildman–Crippen MR) is 99.5 cm³/mol. The van der Waals surface area contributed by atoms with Crippen molar-refractivity contribution >= 4 is 34.0 Å². The number of aryl methyl sites for hydroxylation is 1. The van der Waals surface area contributed by atoms with Gasteiger partial charge in [-0.25, -0.2) is 4.98 Å². The minimum Gasteiger partial charge on any atom is -0.332 e. The van der Waals surface area contributed by atoms with Crippen molar-refractivity contribution in [2.24, 2.45) is 0 Å². The van der Waals surface area contributed by atoms with Gasteiger partial charge in [0.05, 0.1) is 10.6 Å². The van der Waals surface area contributed by atoms with Crippen LogP contribution >= 0.6 is 11.3 Å². The number of aromatic nitrogens is 2. The maximum absolute atomic E-state index is 11.3. The SMILES string of the molecule is CC(=O)/C=C/c1sc(Nc2cccc(C)c2)nc1-c1ccncc1. The molecule has 120 valence electrons. The van der Waals surface area contributed by atoms with Gasteiger partial charge in [-0.05, 0) is 55.8 Å². The summed E-state index contributed by atoms with van der Waals surface area (Å²) in [4.78, 5) is 21.0. The molecule has 0 fully saturated rings. The van der Waals surface area contributed by atoms with Gasteiger partial charge in [-0.3, -0.25) is 9.78 Å². The normalized spacial score (nSPS) is 10.9. The van der Waals surface area contributed by atoms with Crippen molar-refractivity contribution in [2.45, 2.75) is 13.8 Å². The zero-order chi connectivity index (χ0) is 16.9. The van der Waals surface area contributed by atoms with Gasteiger partial charge in [0.15, 0.2) is 10.9 Å². The second kappa shape index (κ2) is 7.19. The third kappa shape index (κ3) is 3.94. The monoisotopic (exact) mass is 335 g/mol. The Hall–Kier alpha value is -2.79. The van der Waals surface area contributed by atoms with E-state index < -0.39 is 0 Å². The van der Waals surface area contributed by atoms with Crippen LogP contribution < -0.4 is 5.32 Å². The van der Waals surface area contributed by atoms with Gasteiger partial charge >= 0.3 is 0 Å². The molecule has 0 unspecified atom stereocenters. The Morgan fingerprint density at radius 3 is 2.71 bits per heavy atom. The topological polar surface area (TPSA) is 54.9 Å². The van der Waals surface area contributed by atoms with E-state index in [2.05, 4.69) is 29.4 Å². The summed E-state index contributed by atoms with van der Waals surface area (Å²) in [5.41, 5.74) is 3.99. The summed E-state index contributed by atoms with van der Waals surface area (Å²) in [5.74, 6) is 0.0114. The molecule has 0 aliphatic heterocycles. The third-order valence-corrected chi connectivity index (χ3v) is 4.28. The third-order valence-electron chi connectivity index (χ3n) is 3.35. The van der Waals surface area contributed by atoms with E-state index in [1.807, 2.05) is 30.3 Å². The second-order valence-electron chi connectivity index (χ2n) is 5.41. The number of ketones is 1. The van der Waals surface area contributed by atoms with Gasteiger partial charge in [-0.15, -0.1) is 0 Å². The van der Waals surface area contributed by atoms with Gasteiger partial charge in [-0.1, -0.05) is 23.5 Å². The Morgan fingerprint density at radius 1 is 1.21 bits per heavy atom. The summed E-state index contributed by atoms with van der Waals surface area (Å²) in [6.07, 6.45) is 6.85. The quantitative estimate of drug-likeness (QED) is 0.677. The van der Waals surface area contributed by atoms with Crippen LogP contribution in [0.4, 0.5) is 10.8 Å². The first-order chi connectivity index (χ1) is 11.6. The molecule has 0 spiro atoms. The van der Waals surface area contributed by atoms with Crippen LogP contribution in [-0.4, -0.2) is 15.8 Å². The molecule has 5 heteroatoms. The highest BCUT2D eigenvalue weighted by atomic mass is 32.1. The van der Waals surface area contributed by atoms with Crippen LogP contribution in [0.25, 0.3) is 17.3 Å². The molecule has 24 heavy (non-hydrogen) atoms. The molecule has 0 atom stereocenters. The molecule has 0 amide bonds. The number of pyridine rings is 1. The van der Waals surface area contributed by atoms with Crippen molar-refractivity contribution < 1.29 is 4.79 Å². The molecule has 0 saturated heterocycles. The fourth-order valence-corrected chi connectivity index (χ4v) is 3.16. The van der Waals surface area contributed by atoms with Gasteiger partial charge < -0.3 is 5.32 Å². The van der Waals surface area contributed by atoms with E-state index in [-0.39, 0.29) is 5.78 Å². The maximum Gasteiger partial charge on any atom is 0.188 e. The Bertz CT molecular complexity index is 885. The van der Waals surface area contributed by atoms with Crippen LogP contribution in [0, 0.1) is 6.92 Å². The molecule has 1 N–H and O–H groups in total. The first kappa shape index (κ1) is 16.1. The molecule has 3 aromatic rings. The van der Waals surface area contributed by atoms with Gasteiger partial charge in [0.2, 0.25) is 0 Å². The zero-order valence-corrected chi connectivity index (χ0v) is 14.3. The number of nitrogens with zero attached hydrogens (tertiary/aromatic N) is 2. The standard InChI is InChI=1S/C19H17N3OS/c1-13-4-3-5-16(12-13)21-19-22-18(15-8-10-20-11-9-15)17(24-19)7-6-14(2)23/h3-12H,1-2H3,(H,21,22)/b7-6+. The Labute approximate surface area is 144 Å². The fraction of sp³-hybridized carbons (Fsp3) is 0.105. The van der Waals surface area contributed by atoms with Gasteiger partial charge in [0.1, 0.15) is 0 Å². The summed E-state index contributed by atoms with van der Waals surface area (Å²) < 4.78 is 0. The molecule has 2 heterocycles. The van der Waals surface area contributed by atoms with E-state index in [1.165, 1.54) is 23.8 Å². The Kier molecular flexibility index (Phi) is 4.82. The summed E-state index contributed by atoms with van der Waals surface area (Å²) in [5, 5.41) is 4.12. The van der Waals surface area contributed by atoms with Crippen LogP contribution in [0.5, 0.6) is 0 Å². The van der Waals surface area contributed by atoms with E-state index in [0.29, 0.717) is 0 Å². The molecule has 0 saturated carbocycles. The van der Waals surface area contributed by atoms with Gasteiger partial charge in [0, 0.05) is 23.6 Å². The molecule has 1 aromatic carbocycles. The van der Waals surface area contributed by atoms with Gasteiger partial charge in [0.25, 0.3) is 0 Å². The van der Waals surface area contributed by atoms with Crippen LogP contribution in [0.1, 0.15) is 17.4 Å². The van der Waals surface area contributed by atoms with E-state index in [0.717, 1.165) is 27.0 Å². The number of hydrogen-bond acceptors (Lipinski definition) is 5. The first-order valence-corrected chi connectivity index (χ1v) is 8.37. The Balaban J connectivity index is 1.98. The van der Waals surface area contributed by atoms with Crippen molar-refractivity contribution in [3.8, 4) is 11.3 Å². The van der Waals surface area contributed by atoms with Crippen molar-refractivity contribution in [1.29, 1.82) is 0 Å². The number of anilines is 2. The van der Waals surface area contributed by atoms with Crippen molar-refractivity contribution in [3.05, 3.63) is 65.3 Å². The van der Waals surface area contributed by atoms with E-state index >= 15 is 0 Å². The van der Waals surface area contributed by atoms with Crippen molar-refractivity contribution in [1.82, 2.24) is 9.97 Å². The second-order valence-corrected chi connectivity index (χ2v) is 6.44. The minimum atomic E-state index is 0.0114. The molecule has 2 aromatic heterocycles. The number of thiazole rings is 1. The van der Waals surface area contributed by atoms with Crippen molar-refractivity contribution in [3.63, 3.8) is 0 Å². The maximum atomic E-state index is 11.3. The van der Waals surface area contributed by atoms with Crippen LogP contribution in [0.2, 0.25) is 0 Å². The number of rotatable bonds is 5. The smallest absolute Gasteiger partial charge is 0.188 e. The highest BCUT2D eigenvalue weighted by molar-refractivity contribution is 7.17. The average molecular weight is 335 g/mol. The number of hydrogen-bond donors (Lipinski definition) is 1. The van der Waals surface area contributed by atoms with E-state index in [1.54, 1.807) is 18.5 Å². The molecule has 0 radical (unpaired) electrons. The first-order valence-electron chi connectivity index (χ1n) is 7.55. The number of carbonyl (C=O) groups excluding carboxylic acids is 1. The van der Waals surface area contributed by atoms with Crippen LogP contribution in [0.3, 0.4) is 0 Å². The molecule has 0 bridgehead atoms. The Morgan fingerprint density at radius 2 is 2.00 bits per heavy atom. The lowest BCUT2D eigenvalue weighted by molar-refractivity contribution is -0.112. The number of nitrogens with one attached hydrogen (secondary N) is 1. The minimum absolute atomic E-state index is 0.0114. The summed E-state index contributed by atoms with van der Waals surface area (Å²) in [6.45, 7) is 3.59. The van der Waals surface area contributed by atoms with Crippen LogP contribution in [0.15, 0.2) is 54.9 Å². The molecule has 0 aliphatic rings. The van der Waals surface area contributed by atoms with Crippen LogP contribution in [-0.2, 0) is 4.79 Å². The van der Waals surface area contributed by atoms with Crippen molar-refractivity contribution in [2.75, 3.05) is 5.32 Å². The van der Waals surface area contributed by atoms with Gasteiger partial charge in [-0.2, -0.15) is 0 Å². The predicted octanol–water partition coefficient (Wildman–Crippen LogP) is 4.86. The summed E-state index contributed by atoms with van der Waals surface area (Å²) >= 11 is 1.52. The lowest BCUT2D eigenvalue weighted by atomic mass is 10.1. The lowest BCUT2D eigenvalue weighted by Gasteiger charge is -2.02. The molecule has 3 rings (SSSR count). The summed E-state index contributed by atoms with van der Waals surface area (Å²) in [6, 6.07) is 12.0. The highest BCUT2D eigenvalue weighted by Gasteiger charge is 2.11. The highest BCUT2D eigenvalue weighted by Crippen LogP contribution is 2.33.